The molecular formula is C13H12N6O2S. The second-order valence-electron chi connectivity index (χ2n) is 4.38. The van der Waals surface area contributed by atoms with Gasteiger partial charge in [-0.3, -0.25) is 9.78 Å². The molecule has 3 aromatic heterocycles. The number of nitrogens with one attached hydrogen (secondary N) is 2. The van der Waals surface area contributed by atoms with Gasteiger partial charge in [-0.1, -0.05) is 16.9 Å². The molecule has 3 heterocycles. The lowest BCUT2D eigenvalue weighted by Crippen LogP contribution is -2.14. The molecule has 0 atom stereocenters. The van der Waals surface area contributed by atoms with Gasteiger partial charge in [0.15, 0.2) is 16.8 Å². The van der Waals surface area contributed by atoms with E-state index in [2.05, 4.69) is 30.6 Å². The van der Waals surface area contributed by atoms with E-state index in [-0.39, 0.29) is 11.7 Å². The predicted octanol–water partition coefficient (Wildman–Crippen LogP) is 1.89. The molecule has 22 heavy (non-hydrogen) atoms. The van der Waals surface area contributed by atoms with Gasteiger partial charge >= 0.3 is 0 Å². The molecule has 0 aliphatic carbocycles. The van der Waals surface area contributed by atoms with Crippen LogP contribution < -0.4 is 5.32 Å². The number of rotatable bonds is 5. The summed E-state index contributed by atoms with van der Waals surface area (Å²) in [7, 11) is 0. The minimum absolute atomic E-state index is 0.188. The van der Waals surface area contributed by atoms with Crippen molar-refractivity contribution in [2.75, 3.05) is 11.1 Å². The number of pyridine rings is 1. The van der Waals surface area contributed by atoms with Crippen molar-refractivity contribution >= 4 is 23.5 Å². The summed E-state index contributed by atoms with van der Waals surface area (Å²) >= 11 is 1.25. The van der Waals surface area contributed by atoms with Gasteiger partial charge < -0.3 is 14.8 Å². The third-order valence-corrected chi connectivity index (χ3v) is 3.50. The molecule has 0 fully saturated rings. The van der Waals surface area contributed by atoms with E-state index in [0.717, 1.165) is 5.56 Å². The first kappa shape index (κ1) is 14.3. The molecule has 0 saturated heterocycles. The predicted molar refractivity (Wildman–Crippen MR) is 80.2 cm³/mol. The van der Waals surface area contributed by atoms with Crippen molar-refractivity contribution in [3.05, 3.63) is 36.4 Å². The van der Waals surface area contributed by atoms with E-state index in [0.29, 0.717) is 22.6 Å². The summed E-state index contributed by atoms with van der Waals surface area (Å²) in [6.07, 6.45) is 3.38. The second kappa shape index (κ2) is 6.39. The number of amides is 1. The van der Waals surface area contributed by atoms with Crippen molar-refractivity contribution < 1.29 is 9.32 Å². The molecule has 2 N–H and O–H groups in total. The molecule has 0 aromatic carbocycles. The molecule has 1 amide bonds. The van der Waals surface area contributed by atoms with E-state index in [1.807, 2.05) is 12.1 Å². The second-order valence-corrected chi connectivity index (χ2v) is 5.34. The largest absolute Gasteiger partial charge is 0.360 e. The number of H-pyrrole nitrogens is 1. The minimum atomic E-state index is -0.197. The van der Waals surface area contributed by atoms with Crippen LogP contribution in [0, 0.1) is 6.92 Å². The lowest BCUT2D eigenvalue weighted by molar-refractivity contribution is -0.113. The smallest absolute Gasteiger partial charge is 0.236 e. The summed E-state index contributed by atoms with van der Waals surface area (Å²) in [5, 5.41) is 14.9. The summed E-state index contributed by atoms with van der Waals surface area (Å²) in [5.41, 5.74) is 0.837. The van der Waals surface area contributed by atoms with Crippen molar-refractivity contribution in [3.63, 3.8) is 0 Å². The highest BCUT2D eigenvalue weighted by Gasteiger charge is 2.10. The maximum atomic E-state index is 11.8. The van der Waals surface area contributed by atoms with Crippen molar-refractivity contribution in [2.45, 2.75) is 12.1 Å². The number of aromatic amines is 1. The molecule has 0 aliphatic rings. The Hall–Kier alpha value is -2.68. The van der Waals surface area contributed by atoms with E-state index in [4.69, 9.17) is 4.52 Å². The van der Waals surface area contributed by atoms with Gasteiger partial charge in [-0.2, -0.15) is 0 Å². The number of carbonyl (C=O) groups excluding carboxylic acids is 1. The minimum Gasteiger partial charge on any atom is -0.360 e. The summed E-state index contributed by atoms with van der Waals surface area (Å²) in [6.45, 7) is 1.76. The number of aromatic nitrogens is 5. The quantitative estimate of drug-likeness (QED) is 0.692. The third kappa shape index (κ3) is 3.50. The van der Waals surface area contributed by atoms with Crippen LogP contribution in [0.5, 0.6) is 0 Å². The summed E-state index contributed by atoms with van der Waals surface area (Å²) in [5.74, 6) is 1.64. The molecule has 0 unspecified atom stereocenters. The highest BCUT2D eigenvalue weighted by atomic mass is 32.2. The van der Waals surface area contributed by atoms with Crippen LogP contribution in [0.1, 0.15) is 5.76 Å². The molecule has 9 heteroatoms. The van der Waals surface area contributed by atoms with Gasteiger partial charge in [0.1, 0.15) is 5.76 Å². The average molecular weight is 316 g/mol. The van der Waals surface area contributed by atoms with Crippen LogP contribution in [0.3, 0.4) is 0 Å². The third-order valence-electron chi connectivity index (χ3n) is 2.64. The highest BCUT2D eigenvalue weighted by molar-refractivity contribution is 7.99. The fraction of sp³-hybridized carbons (Fsp3) is 0.154. The van der Waals surface area contributed by atoms with E-state index in [1.54, 1.807) is 25.4 Å². The Morgan fingerprint density at radius 1 is 1.45 bits per heavy atom. The standard InChI is InChI=1S/C13H12N6O2S/c1-8-5-10(19-21-8)15-11(20)7-22-13-16-12(17-18-13)9-3-2-4-14-6-9/h2-6H,7H2,1H3,(H,15,19,20)(H,16,17,18). The number of nitrogens with zero attached hydrogens (tertiary/aromatic N) is 4. The van der Waals surface area contributed by atoms with Crippen LogP contribution >= 0.6 is 11.8 Å². The first-order valence-electron chi connectivity index (χ1n) is 6.40. The Balaban J connectivity index is 1.56. The number of hydrogen-bond donors (Lipinski definition) is 2. The summed E-state index contributed by atoms with van der Waals surface area (Å²) in [6, 6.07) is 5.34. The SMILES string of the molecule is Cc1cc(NC(=O)CSc2nnc(-c3cccnc3)[nH]2)no1. The van der Waals surface area contributed by atoms with Gasteiger partial charge in [0.05, 0.1) is 5.75 Å². The highest BCUT2D eigenvalue weighted by Crippen LogP contribution is 2.18. The first-order chi connectivity index (χ1) is 10.7. The average Bonchev–Trinajstić information content (AvgIpc) is 3.15. The van der Waals surface area contributed by atoms with Gasteiger partial charge in [0.25, 0.3) is 0 Å². The first-order valence-corrected chi connectivity index (χ1v) is 7.38. The number of anilines is 1. The summed E-state index contributed by atoms with van der Waals surface area (Å²) in [4.78, 5) is 18.8. The zero-order chi connectivity index (χ0) is 15.4. The maximum absolute atomic E-state index is 11.8. The molecule has 3 rings (SSSR count). The van der Waals surface area contributed by atoms with Gasteiger partial charge in [0, 0.05) is 24.0 Å². The fourth-order valence-corrected chi connectivity index (χ4v) is 2.29. The molecule has 112 valence electrons. The number of hydrogen-bond acceptors (Lipinski definition) is 7. The summed E-state index contributed by atoms with van der Waals surface area (Å²) < 4.78 is 4.87. The van der Waals surface area contributed by atoms with E-state index >= 15 is 0 Å². The lowest BCUT2D eigenvalue weighted by Gasteiger charge is -1.98. The Kier molecular flexibility index (Phi) is 4.15. The van der Waals surface area contributed by atoms with Crippen LogP contribution in [0.25, 0.3) is 11.4 Å². The van der Waals surface area contributed by atoms with E-state index < -0.39 is 0 Å². The van der Waals surface area contributed by atoms with Crippen LogP contribution in [0.2, 0.25) is 0 Å². The number of aryl methyl sites for hydroxylation is 1. The zero-order valence-electron chi connectivity index (χ0n) is 11.6. The molecule has 8 nitrogen and oxygen atoms in total. The fourth-order valence-electron chi connectivity index (χ4n) is 1.68. The molecule has 0 aliphatic heterocycles. The van der Waals surface area contributed by atoms with Gasteiger partial charge in [-0.05, 0) is 19.1 Å². The molecule has 0 radical (unpaired) electrons. The Morgan fingerprint density at radius 2 is 2.36 bits per heavy atom. The van der Waals surface area contributed by atoms with Crippen LogP contribution in [0.15, 0.2) is 40.3 Å². The lowest BCUT2D eigenvalue weighted by atomic mass is 10.3. The monoisotopic (exact) mass is 316 g/mol. The van der Waals surface area contributed by atoms with Crippen molar-refractivity contribution in [3.8, 4) is 11.4 Å². The van der Waals surface area contributed by atoms with Gasteiger partial charge in [-0.25, -0.2) is 0 Å². The van der Waals surface area contributed by atoms with Crippen molar-refractivity contribution in [1.82, 2.24) is 25.3 Å². The van der Waals surface area contributed by atoms with Crippen LogP contribution in [-0.4, -0.2) is 37.0 Å². The normalized spacial score (nSPS) is 10.6. The van der Waals surface area contributed by atoms with Crippen molar-refractivity contribution in [1.29, 1.82) is 0 Å². The topological polar surface area (TPSA) is 110 Å². The Morgan fingerprint density at radius 3 is 3.09 bits per heavy atom. The maximum Gasteiger partial charge on any atom is 0.236 e. The van der Waals surface area contributed by atoms with Crippen LogP contribution in [0.4, 0.5) is 5.82 Å². The van der Waals surface area contributed by atoms with E-state index in [9.17, 15) is 4.79 Å². The number of carbonyl (C=O) groups is 1. The van der Waals surface area contributed by atoms with E-state index in [1.165, 1.54) is 11.8 Å². The zero-order valence-corrected chi connectivity index (χ0v) is 12.4. The Bertz CT molecular complexity index is 770. The van der Waals surface area contributed by atoms with Gasteiger partial charge in [0.2, 0.25) is 5.91 Å². The van der Waals surface area contributed by atoms with Crippen LogP contribution in [-0.2, 0) is 4.79 Å². The molecule has 3 aromatic rings. The van der Waals surface area contributed by atoms with Gasteiger partial charge in [-0.15, -0.1) is 10.2 Å². The Labute approximate surface area is 129 Å². The molecule has 0 saturated carbocycles. The molecule has 0 spiro atoms. The molecule has 0 bridgehead atoms. The number of thioether (sulfide) groups is 1. The van der Waals surface area contributed by atoms with Crippen molar-refractivity contribution in [2.24, 2.45) is 0 Å². The molecular weight excluding hydrogens is 304 g/mol.